The van der Waals surface area contributed by atoms with Crippen LogP contribution in [-0.2, 0) is 6.54 Å². The van der Waals surface area contributed by atoms with Gasteiger partial charge < -0.3 is 10.1 Å². The zero-order valence-electron chi connectivity index (χ0n) is 14.8. The number of halogens is 3. The van der Waals surface area contributed by atoms with Crippen molar-refractivity contribution >= 4 is 62.4 Å². The average Bonchev–Trinajstić information content (AvgIpc) is 2.59. The Morgan fingerprint density at radius 2 is 1.96 bits per heavy atom. The number of nitrogens with one attached hydrogen (secondary N) is 2. The van der Waals surface area contributed by atoms with Crippen molar-refractivity contribution < 1.29 is 9.53 Å². The molecule has 1 amide bonds. The summed E-state index contributed by atoms with van der Waals surface area (Å²) >= 11 is 20.6. The smallest absolute Gasteiger partial charge is 0.257 e. The van der Waals surface area contributed by atoms with E-state index < -0.39 is 0 Å². The van der Waals surface area contributed by atoms with Crippen LogP contribution in [0.4, 0.5) is 0 Å². The predicted molar refractivity (Wildman–Crippen MR) is 118 cm³/mol. The lowest BCUT2D eigenvalue weighted by Crippen LogP contribution is -2.38. The van der Waals surface area contributed by atoms with Crippen molar-refractivity contribution in [2.24, 2.45) is 5.92 Å². The van der Waals surface area contributed by atoms with Crippen molar-refractivity contribution in [1.82, 2.24) is 10.6 Å². The molecule has 27 heavy (non-hydrogen) atoms. The summed E-state index contributed by atoms with van der Waals surface area (Å²) < 4.78 is 6.39. The zero-order valence-corrected chi connectivity index (χ0v) is 18.7. The van der Waals surface area contributed by atoms with Crippen LogP contribution in [-0.4, -0.2) is 17.6 Å². The Morgan fingerprint density at radius 1 is 1.22 bits per heavy atom. The maximum Gasteiger partial charge on any atom is 0.257 e. The van der Waals surface area contributed by atoms with Gasteiger partial charge in [-0.3, -0.25) is 10.1 Å². The van der Waals surface area contributed by atoms with Crippen LogP contribution in [0.1, 0.15) is 29.8 Å². The largest absolute Gasteiger partial charge is 0.492 e. The topological polar surface area (TPSA) is 50.4 Å². The highest BCUT2D eigenvalue weighted by Gasteiger charge is 2.11. The molecule has 0 aliphatic heterocycles. The van der Waals surface area contributed by atoms with Crippen LogP contribution in [0.15, 0.2) is 40.9 Å². The second kappa shape index (κ2) is 10.3. The minimum atomic E-state index is -0.314. The van der Waals surface area contributed by atoms with E-state index in [0.29, 0.717) is 44.9 Å². The van der Waals surface area contributed by atoms with Gasteiger partial charge in [0.15, 0.2) is 5.11 Å². The Labute approximate surface area is 182 Å². The molecule has 0 bridgehead atoms. The highest BCUT2D eigenvalue weighted by Crippen LogP contribution is 2.26. The van der Waals surface area contributed by atoms with Gasteiger partial charge >= 0.3 is 0 Å². The summed E-state index contributed by atoms with van der Waals surface area (Å²) in [7, 11) is 0. The number of carbonyl (C=O) groups excluding carboxylic acids is 1. The third-order valence-electron chi connectivity index (χ3n) is 3.45. The molecule has 0 aliphatic carbocycles. The standard InChI is InChI=1S/C19H19BrCl2N2O2S/c1-11(2)10-26-17-6-4-12(7-15(17)20)18(25)24-19(27)23-9-13-3-5-14(21)8-16(13)22/h3-8,11H,9-10H2,1-2H3,(H2,23,24,25,27). The van der Waals surface area contributed by atoms with E-state index in [2.05, 4.69) is 40.4 Å². The molecule has 2 aromatic rings. The number of hydrogen-bond donors (Lipinski definition) is 2. The van der Waals surface area contributed by atoms with Crippen LogP contribution in [0.5, 0.6) is 5.75 Å². The van der Waals surface area contributed by atoms with Crippen molar-refractivity contribution in [2.45, 2.75) is 20.4 Å². The maximum absolute atomic E-state index is 12.4. The van der Waals surface area contributed by atoms with Crippen LogP contribution >= 0.6 is 51.3 Å². The molecule has 4 nitrogen and oxygen atoms in total. The Kier molecular flexibility index (Phi) is 8.35. The molecule has 2 rings (SSSR count). The van der Waals surface area contributed by atoms with Gasteiger partial charge in [-0.25, -0.2) is 0 Å². The number of hydrogen-bond acceptors (Lipinski definition) is 3. The number of amides is 1. The molecule has 0 radical (unpaired) electrons. The Bertz CT molecular complexity index is 846. The first-order valence-electron chi connectivity index (χ1n) is 8.21. The van der Waals surface area contributed by atoms with E-state index in [1.807, 2.05) is 0 Å². The first-order valence-corrected chi connectivity index (χ1v) is 10.2. The van der Waals surface area contributed by atoms with Crippen LogP contribution < -0.4 is 15.4 Å². The van der Waals surface area contributed by atoms with E-state index in [9.17, 15) is 4.79 Å². The SMILES string of the molecule is CC(C)COc1ccc(C(=O)NC(=S)NCc2ccc(Cl)cc2Cl)cc1Br. The molecule has 0 fully saturated rings. The summed E-state index contributed by atoms with van der Waals surface area (Å²) in [6.45, 7) is 5.12. The van der Waals surface area contributed by atoms with Crippen molar-refractivity contribution in [3.05, 3.63) is 62.0 Å². The van der Waals surface area contributed by atoms with Crippen molar-refractivity contribution in [3.8, 4) is 5.75 Å². The first-order chi connectivity index (χ1) is 12.8. The first kappa shape index (κ1) is 22.0. The van der Waals surface area contributed by atoms with Crippen molar-refractivity contribution in [3.63, 3.8) is 0 Å². The summed E-state index contributed by atoms with van der Waals surface area (Å²) in [5, 5.41) is 6.90. The summed E-state index contributed by atoms with van der Waals surface area (Å²) in [6, 6.07) is 10.3. The number of benzene rings is 2. The van der Waals surface area contributed by atoms with E-state index in [1.54, 1.807) is 36.4 Å². The highest BCUT2D eigenvalue weighted by molar-refractivity contribution is 9.10. The Morgan fingerprint density at radius 3 is 2.59 bits per heavy atom. The van der Waals surface area contributed by atoms with Gasteiger partial charge in [0.2, 0.25) is 0 Å². The monoisotopic (exact) mass is 488 g/mol. The van der Waals surface area contributed by atoms with Gasteiger partial charge in [-0.05, 0) is 70.0 Å². The molecule has 0 saturated carbocycles. The van der Waals surface area contributed by atoms with Crippen molar-refractivity contribution in [1.29, 1.82) is 0 Å². The molecule has 0 aliphatic rings. The molecular formula is C19H19BrCl2N2O2S. The maximum atomic E-state index is 12.4. The quantitative estimate of drug-likeness (QED) is 0.519. The minimum absolute atomic E-state index is 0.210. The van der Waals surface area contributed by atoms with Crippen LogP contribution in [0.25, 0.3) is 0 Å². The second-order valence-corrected chi connectivity index (χ2v) is 8.33. The molecule has 0 unspecified atom stereocenters. The summed E-state index contributed by atoms with van der Waals surface area (Å²) in [4.78, 5) is 12.4. The lowest BCUT2D eigenvalue weighted by Gasteiger charge is -2.13. The van der Waals surface area contributed by atoms with Crippen molar-refractivity contribution in [2.75, 3.05) is 6.61 Å². The van der Waals surface area contributed by atoms with Gasteiger partial charge in [0.05, 0.1) is 11.1 Å². The Hall–Kier alpha value is -1.34. The highest BCUT2D eigenvalue weighted by atomic mass is 79.9. The molecule has 144 valence electrons. The Balaban J connectivity index is 1.92. The number of thiocarbonyl (C=S) groups is 1. The van der Waals surface area contributed by atoms with Crippen LogP contribution in [0.3, 0.4) is 0 Å². The van der Waals surface area contributed by atoms with Crippen LogP contribution in [0, 0.1) is 5.92 Å². The number of carbonyl (C=O) groups is 1. The molecular weight excluding hydrogens is 471 g/mol. The van der Waals surface area contributed by atoms with Gasteiger partial charge in [0.25, 0.3) is 5.91 Å². The third-order valence-corrected chi connectivity index (χ3v) is 4.90. The summed E-state index contributed by atoms with van der Waals surface area (Å²) in [6.07, 6.45) is 0. The molecule has 0 spiro atoms. The molecule has 0 atom stereocenters. The summed E-state index contributed by atoms with van der Waals surface area (Å²) in [5.74, 6) is 0.793. The molecule has 0 heterocycles. The molecule has 2 aromatic carbocycles. The molecule has 0 saturated heterocycles. The van der Waals surface area contributed by atoms with Gasteiger partial charge in [0, 0.05) is 22.2 Å². The van der Waals surface area contributed by atoms with E-state index in [-0.39, 0.29) is 11.0 Å². The van der Waals surface area contributed by atoms with E-state index >= 15 is 0 Å². The fourth-order valence-corrected chi connectivity index (χ4v) is 3.21. The van der Waals surface area contributed by atoms with E-state index in [1.165, 1.54) is 0 Å². The third kappa shape index (κ3) is 6.96. The fraction of sp³-hybridized carbons (Fsp3) is 0.263. The predicted octanol–water partition coefficient (Wildman–Crippen LogP) is 5.60. The van der Waals surface area contributed by atoms with Crippen LogP contribution in [0.2, 0.25) is 10.0 Å². The lowest BCUT2D eigenvalue weighted by molar-refractivity contribution is 0.0976. The lowest BCUT2D eigenvalue weighted by atomic mass is 10.2. The average molecular weight is 490 g/mol. The van der Waals surface area contributed by atoms with Gasteiger partial charge in [-0.15, -0.1) is 0 Å². The number of rotatable bonds is 6. The second-order valence-electron chi connectivity index (χ2n) is 6.22. The molecule has 8 heteroatoms. The summed E-state index contributed by atoms with van der Waals surface area (Å²) in [5.41, 5.74) is 1.29. The minimum Gasteiger partial charge on any atom is -0.492 e. The number of ether oxygens (including phenoxy) is 1. The van der Waals surface area contributed by atoms with Gasteiger partial charge in [0.1, 0.15) is 5.75 Å². The van der Waals surface area contributed by atoms with E-state index in [4.69, 9.17) is 40.2 Å². The zero-order chi connectivity index (χ0) is 20.0. The fourth-order valence-electron chi connectivity index (χ4n) is 2.08. The molecule has 0 aromatic heterocycles. The normalized spacial score (nSPS) is 10.6. The van der Waals surface area contributed by atoms with Gasteiger partial charge in [-0.1, -0.05) is 43.1 Å². The van der Waals surface area contributed by atoms with E-state index in [0.717, 1.165) is 5.56 Å². The molecule has 2 N–H and O–H groups in total. The van der Waals surface area contributed by atoms with Gasteiger partial charge in [-0.2, -0.15) is 0 Å².